The van der Waals surface area contributed by atoms with Crippen LogP contribution in [0.2, 0.25) is 0 Å². The topological polar surface area (TPSA) is 57.5 Å². The van der Waals surface area contributed by atoms with E-state index in [1.54, 1.807) is 0 Å². The number of ether oxygens (including phenoxy) is 2. The zero-order chi connectivity index (χ0) is 15.5. The van der Waals surface area contributed by atoms with Crippen LogP contribution in [-0.2, 0) is 4.74 Å². The van der Waals surface area contributed by atoms with Crippen LogP contribution in [0, 0.1) is 11.3 Å². The van der Waals surface area contributed by atoms with E-state index in [-0.39, 0.29) is 12.6 Å². The van der Waals surface area contributed by atoms with E-state index < -0.39 is 0 Å². The minimum absolute atomic E-state index is 0.0808. The molecular formula is C16H25N3O2. The number of nitrogens with one attached hydrogen (secondary N) is 1. The number of likely N-dealkylation sites (N-methyl/N-ethyl adjacent to an activating group) is 1. The molecule has 0 aliphatic carbocycles. The van der Waals surface area contributed by atoms with E-state index in [0.29, 0.717) is 6.61 Å². The molecule has 1 atom stereocenters. The van der Waals surface area contributed by atoms with Crippen molar-refractivity contribution in [3.8, 4) is 11.8 Å². The zero-order valence-corrected chi connectivity index (χ0v) is 13.1. The molecule has 0 heterocycles. The van der Waals surface area contributed by atoms with Crippen LogP contribution in [0.1, 0.15) is 18.5 Å². The molecule has 116 valence electrons. The molecule has 0 aliphatic heterocycles. The van der Waals surface area contributed by atoms with Gasteiger partial charge < -0.3 is 19.7 Å². The van der Waals surface area contributed by atoms with E-state index in [9.17, 15) is 0 Å². The maximum absolute atomic E-state index is 8.46. The van der Waals surface area contributed by atoms with Gasteiger partial charge in [0, 0.05) is 19.1 Å². The van der Waals surface area contributed by atoms with Crippen LogP contribution in [0.25, 0.3) is 0 Å². The first kappa shape index (κ1) is 17.4. The molecule has 1 aromatic rings. The molecule has 0 aromatic heterocycles. The van der Waals surface area contributed by atoms with Gasteiger partial charge in [0.2, 0.25) is 0 Å². The summed E-state index contributed by atoms with van der Waals surface area (Å²) in [5.74, 6) is 0.722. The molecule has 1 N–H and O–H groups in total. The lowest BCUT2D eigenvalue weighted by Crippen LogP contribution is -2.25. The van der Waals surface area contributed by atoms with Gasteiger partial charge in [-0.1, -0.05) is 12.1 Å². The monoisotopic (exact) mass is 291 g/mol. The van der Waals surface area contributed by atoms with Gasteiger partial charge in [0.25, 0.3) is 0 Å². The quantitative estimate of drug-likeness (QED) is 0.666. The van der Waals surface area contributed by atoms with Gasteiger partial charge in [-0.25, -0.2) is 0 Å². The van der Waals surface area contributed by atoms with Crippen LogP contribution in [0.5, 0.6) is 5.75 Å². The number of benzene rings is 1. The first-order valence-electron chi connectivity index (χ1n) is 7.19. The van der Waals surface area contributed by atoms with Crippen LogP contribution in [0.15, 0.2) is 24.3 Å². The molecule has 5 heteroatoms. The molecule has 0 aliphatic rings. The Labute approximate surface area is 127 Å². The Balaban J connectivity index is 2.22. The molecule has 0 spiro atoms. The Bertz CT molecular complexity index is 426. The molecule has 0 bridgehead atoms. The lowest BCUT2D eigenvalue weighted by molar-refractivity contribution is 0.118. The highest BCUT2D eigenvalue weighted by molar-refractivity contribution is 5.29. The SMILES string of the molecule is CC(NCCOCCN(C)C)c1ccc(OCC#N)cc1. The van der Waals surface area contributed by atoms with Crippen molar-refractivity contribution in [2.24, 2.45) is 0 Å². The Kier molecular flexibility index (Phi) is 8.44. The fourth-order valence-electron chi connectivity index (χ4n) is 1.78. The van der Waals surface area contributed by atoms with E-state index in [1.165, 1.54) is 5.56 Å². The predicted molar refractivity (Wildman–Crippen MR) is 83.3 cm³/mol. The number of nitriles is 1. The van der Waals surface area contributed by atoms with Crippen molar-refractivity contribution in [3.63, 3.8) is 0 Å². The van der Waals surface area contributed by atoms with E-state index in [1.807, 2.05) is 44.4 Å². The second-order valence-electron chi connectivity index (χ2n) is 5.11. The van der Waals surface area contributed by atoms with E-state index in [2.05, 4.69) is 17.1 Å². The minimum Gasteiger partial charge on any atom is -0.479 e. The Hall–Kier alpha value is -1.61. The van der Waals surface area contributed by atoms with Gasteiger partial charge >= 0.3 is 0 Å². The molecule has 0 saturated heterocycles. The lowest BCUT2D eigenvalue weighted by Gasteiger charge is -2.15. The van der Waals surface area contributed by atoms with Gasteiger partial charge in [-0.3, -0.25) is 0 Å². The number of hydrogen-bond acceptors (Lipinski definition) is 5. The van der Waals surface area contributed by atoms with Crippen molar-refractivity contribution in [2.45, 2.75) is 13.0 Å². The van der Waals surface area contributed by atoms with E-state index >= 15 is 0 Å². The summed E-state index contributed by atoms with van der Waals surface area (Å²) in [7, 11) is 4.07. The molecule has 1 unspecified atom stereocenters. The summed E-state index contributed by atoms with van der Waals surface area (Å²) in [5.41, 5.74) is 1.19. The normalized spacial score (nSPS) is 12.1. The average molecular weight is 291 g/mol. The highest BCUT2D eigenvalue weighted by atomic mass is 16.5. The molecule has 1 rings (SSSR count). The van der Waals surface area contributed by atoms with Gasteiger partial charge in [-0.05, 0) is 38.7 Å². The Morgan fingerprint density at radius 3 is 2.57 bits per heavy atom. The number of nitrogens with zero attached hydrogens (tertiary/aromatic N) is 2. The number of hydrogen-bond donors (Lipinski definition) is 1. The van der Waals surface area contributed by atoms with Crippen molar-refractivity contribution < 1.29 is 9.47 Å². The summed E-state index contributed by atoms with van der Waals surface area (Å²) >= 11 is 0. The summed E-state index contributed by atoms with van der Waals surface area (Å²) in [6, 6.07) is 10.0. The minimum atomic E-state index is 0.0808. The number of rotatable bonds is 10. The second-order valence-corrected chi connectivity index (χ2v) is 5.11. The maximum Gasteiger partial charge on any atom is 0.174 e. The summed E-state index contributed by atoms with van der Waals surface area (Å²) in [4.78, 5) is 2.10. The van der Waals surface area contributed by atoms with E-state index in [0.717, 1.165) is 25.4 Å². The summed E-state index contributed by atoms with van der Waals surface area (Å²) in [5, 5.41) is 11.9. The first-order chi connectivity index (χ1) is 10.1. The van der Waals surface area contributed by atoms with Gasteiger partial charge in [-0.15, -0.1) is 0 Å². The van der Waals surface area contributed by atoms with Crippen molar-refractivity contribution in [1.29, 1.82) is 5.26 Å². The molecule has 0 radical (unpaired) electrons. The van der Waals surface area contributed by atoms with Crippen molar-refractivity contribution in [2.75, 3.05) is 47.0 Å². The summed E-state index contributed by atoms with van der Waals surface area (Å²) < 4.78 is 10.8. The zero-order valence-electron chi connectivity index (χ0n) is 13.1. The standard InChI is InChI=1S/C16H25N3O2/c1-14(18-9-12-20-13-10-19(2)3)15-4-6-16(7-5-15)21-11-8-17/h4-7,14,18H,9-13H2,1-3H3. The molecule has 1 aromatic carbocycles. The first-order valence-corrected chi connectivity index (χ1v) is 7.19. The molecule has 0 saturated carbocycles. The second kappa shape index (κ2) is 10.2. The third-order valence-corrected chi connectivity index (χ3v) is 3.06. The average Bonchev–Trinajstić information content (AvgIpc) is 2.48. The highest BCUT2D eigenvalue weighted by Gasteiger charge is 2.04. The highest BCUT2D eigenvalue weighted by Crippen LogP contribution is 2.17. The molecule has 0 amide bonds. The lowest BCUT2D eigenvalue weighted by atomic mass is 10.1. The van der Waals surface area contributed by atoms with Crippen molar-refractivity contribution >= 4 is 0 Å². The summed E-state index contributed by atoms with van der Waals surface area (Å²) in [6.07, 6.45) is 0. The maximum atomic E-state index is 8.46. The smallest absolute Gasteiger partial charge is 0.174 e. The summed E-state index contributed by atoms with van der Waals surface area (Å²) in [6.45, 7) is 5.43. The molecule has 21 heavy (non-hydrogen) atoms. The molecule has 5 nitrogen and oxygen atoms in total. The van der Waals surface area contributed by atoms with Crippen LogP contribution in [0.4, 0.5) is 0 Å². The third-order valence-electron chi connectivity index (χ3n) is 3.06. The fraction of sp³-hybridized carbons (Fsp3) is 0.562. The van der Waals surface area contributed by atoms with Crippen molar-refractivity contribution in [1.82, 2.24) is 10.2 Å². The Morgan fingerprint density at radius 1 is 1.24 bits per heavy atom. The van der Waals surface area contributed by atoms with Crippen LogP contribution < -0.4 is 10.1 Å². The third kappa shape index (κ3) is 7.66. The van der Waals surface area contributed by atoms with Crippen molar-refractivity contribution in [3.05, 3.63) is 29.8 Å². The van der Waals surface area contributed by atoms with E-state index in [4.69, 9.17) is 14.7 Å². The van der Waals surface area contributed by atoms with Gasteiger partial charge in [-0.2, -0.15) is 5.26 Å². The molecular weight excluding hydrogens is 266 g/mol. The predicted octanol–water partition coefficient (Wildman–Crippen LogP) is 1.82. The largest absolute Gasteiger partial charge is 0.479 e. The fourth-order valence-corrected chi connectivity index (χ4v) is 1.78. The molecule has 0 fully saturated rings. The van der Waals surface area contributed by atoms with Crippen LogP contribution in [0.3, 0.4) is 0 Å². The van der Waals surface area contributed by atoms with Gasteiger partial charge in [0.15, 0.2) is 6.61 Å². The van der Waals surface area contributed by atoms with Gasteiger partial charge in [0.05, 0.1) is 13.2 Å². The Morgan fingerprint density at radius 2 is 1.95 bits per heavy atom. The van der Waals surface area contributed by atoms with Gasteiger partial charge in [0.1, 0.15) is 11.8 Å². The van der Waals surface area contributed by atoms with Crippen LogP contribution >= 0.6 is 0 Å². The van der Waals surface area contributed by atoms with Crippen LogP contribution in [-0.4, -0.2) is 51.9 Å².